The van der Waals surface area contributed by atoms with Crippen LogP contribution in [0.4, 0.5) is 0 Å². The molecule has 0 saturated carbocycles. The molecule has 1 aromatic carbocycles. The molecule has 0 heterocycles. The van der Waals surface area contributed by atoms with Gasteiger partial charge in [-0.3, -0.25) is 0 Å². The zero-order valence-electron chi connectivity index (χ0n) is 11.2. The van der Waals surface area contributed by atoms with Gasteiger partial charge < -0.3 is 5.73 Å². The van der Waals surface area contributed by atoms with Crippen LogP contribution in [-0.2, 0) is 16.4 Å². The van der Waals surface area contributed by atoms with Crippen LogP contribution >= 0.6 is 0 Å². The molecule has 0 fully saturated rings. The molecule has 0 saturated heterocycles. The highest BCUT2D eigenvalue weighted by molar-refractivity contribution is 7.89. The summed E-state index contributed by atoms with van der Waals surface area (Å²) in [6, 6.07) is 6.92. The van der Waals surface area contributed by atoms with Crippen molar-refractivity contribution in [3.05, 3.63) is 29.8 Å². The van der Waals surface area contributed by atoms with Gasteiger partial charge in [-0.1, -0.05) is 19.1 Å². The second kappa shape index (κ2) is 6.31. The van der Waals surface area contributed by atoms with Crippen molar-refractivity contribution < 1.29 is 8.42 Å². The summed E-state index contributed by atoms with van der Waals surface area (Å²) in [7, 11) is -3.39. The summed E-state index contributed by atoms with van der Waals surface area (Å²) in [4.78, 5) is 0.296. The molecule has 4 nitrogen and oxygen atoms in total. The molecular weight excluding hydrogens is 248 g/mol. The van der Waals surface area contributed by atoms with Crippen LogP contribution < -0.4 is 10.5 Å². The van der Waals surface area contributed by atoms with Crippen molar-refractivity contribution >= 4 is 10.0 Å². The first kappa shape index (κ1) is 15.1. The summed E-state index contributed by atoms with van der Waals surface area (Å²) in [5.74, 6) is 0. The number of sulfonamides is 1. The predicted molar refractivity (Wildman–Crippen MR) is 73.9 cm³/mol. The van der Waals surface area contributed by atoms with Crippen molar-refractivity contribution in [2.24, 2.45) is 5.73 Å². The van der Waals surface area contributed by atoms with Crippen molar-refractivity contribution in [1.29, 1.82) is 0 Å². The van der Waals surface area contributed by atoms with E-state index in [0.717, 1.165) is 18.4 Å². The van der Waals surface area contributed by atoms with Gasteiger partial charge in [0, 0.05) is 12.1 Å². The minimum atomic E-state index is -3.39. The minimum Gasteiger partial charge on any atom is -0.327 e. The summed E-state index contributed by atoms with van der Waals surface area (Å²) in [6.45, 7) is 5.63. The first-order chi connectivity index (χ1) is 8.35. The minimum absolute atomic E-state index is 0.108. The van der Waals surface area contributed by atoms with Crippen LogP contribution in [0.25, 0.3) is 0 Å². The smallest absolute Gasteiger partial charge is 0.240 e. The molecule has 0 amide bonds. The standard InChI is InChI=1S/C13H22N2O2S/c1-4-12(14)9-11-5-7-13(8-6-11)18(16,17)15-10(2)3/h5-8,10,12,15H,4,9,14H2,1-3H3. The van der Waals surface area contributed by atoms with E-state index in [2.05, 4.69) is 4.72 Å². The third kappa shape index (κ3) is 4.40. The third-order valence-electron chi connectivity index (χ3n) is 2.65. The Bertz CT molecular complexity index is 466. The summed E-state index contributed by atoms with van der Waals surface area (Å²) in [5.41, 5.74) is 6.93. The molecular formula is C13H22N2O2S. The maximum Gasteiger partial charge on any atom is 0.240 e. The van der Waals surface area contributed by atoms with Gasteiger partial charge >= 0.3 is 0 Å². The summed E-state index contributed by atoms with van der Waals surface area (Å²) in [5, 5.41) is 0. The number of hydrogen-bond donors (Lipinski definition) is 2. The van der Waals surface area contributed by atoms with Gasteiger partial charge in [0.05, 0.1) is 4.90 Å². The molecule has 1 rings (SSSR count). The Morgan fingerprint density at radius 3 is 2.22 bits per heavy atom. The highest BCUT2D eigenvalue weighted by Gasteiger charge is 2.14. The maximum atomic E-state index is 11.9. The Hall–Kier alpha value is -0.910. The molecule has 0 bridgehead atoms. The predicted octanol–water partition coefficient (Wildman–Crippen LogP) is 1.65. The summed E-state index contributed by atoms with van der Waals surface area (Å²) >= 11 is 0. The van der Waals surface area contributed by atoms with Gasteiger partial charge in [0.2, 0.25) is 10.0 Å². The Morgan fingerprint density at radius 1 is 1.22 bits per heavy atom. The fourth-order valence-electron chi connectivity index (χ4n) is 1.63. The average molecular weight is 270 g/mol. The highest BCUT2D eigenvalue weighted by atomic mass is 32.2. The summed E-state index contributed by atoms with van der Waals surface area (Å²) in [6.07, 6.45) is 1.68. The molecule has 1 aromatic rings. The van der Waals surface area contributed by atoms with E-state index in [0.29, 0.717) is 4.90 Å². The number of nitrogens with one attached hydrogen (secondary N) is 1. The van der Waals surface area contributed by atoms with Crippen LogP contribution in [0, 0.1) is 0 Å². The normalized spacial score (nSPS) is 13.8. The fourth-order valence-corrected chi connectivity index (χ4v) is 2.88. The lowest BCUT2D eigenvalue weighted by molar-refractivity contribution is 0.570. The molecule has 0 radical (unpaired) electrons. The second-order valence-corrected chi connectivity index (χ2v) is 6.51. The van der Waals surface area contributed by atoms with Crippen LogP contribution in [0.5, 0.6) is 0 Å². The zero-order valence-corrected chi connectivity index (χ0v) is 12.0. The van der Waals surface area contributed by atoms with Crippen LogP contribution in [-0.4, -0.2) is 20.5 Å². The monoisotopic (exact) mass is 270 g/mol. The van der Waals surface area contributed by atoms with Gasteiger partial charge in [0.1, 0.15) is 0 Å². The molecule has 0 aliphatic carbocycles. The number of hydrogen-bond acceptors (Lipinski definition) is 3. The van der Waals surface area contributed by atoms with Crippen molar-refractivity contribution in [1.82, 2.24) is 4.72 Å². The third-order valence-corrected chi connectivity index (χ3v) is 4.32. The van der Waals surface area contributed by atoms with E-state index < -0.39 is 10.0 Å². The van der Waals surface area contributed by atoms with E-state index in [-0.39, 0.29) is 12.1 Å². The number of rotatable bonds is 6. The average Bonchev–Trinajstić information content (AvgIpc) is 2.28. The van der Waals surface area contributed by atoms with Crippen LogP contribution in [0.15, 0.2) is 29.2 Å². The zero-order chi connectivity index (χ0) is 13.8. The van der Waals surface area contributed by atoms with E-state index in [1.54, 1.807) is 26.0 Å². The van der Waals surface area contributed by atoms with Gasteiger partial charge in [-0.15, -0.1) is 0 Å². The van der Waals surface area contributed by atoms with Crippen molar-refractivity contribution in [3.8, 4) is 0 Å². The quantitative estimate of drug-likeness (QED) is 0.825. The molecule has 5 heteroatoms. The van der Waals surface area contributed by atoms with Crippen LogP contribution in [0.1, 0.15) is 32.8 Å². The Kier molecular flexibility index (Phi) is 5.31. The summed E-state index contributed by atoms with van der Waals surface area (Å²) < 4.78 is 26.3. The van der Waals surface area contributed by atoms with Gasteiger partial charge in [0.15, 0.2) is 0 Å². The molecule has 0 aliphatic heterocycles. The second-order valence-electron chi connectivity index (χ2n) is 4.79. The van der Waals surface area contributed by atoms with E-state index in [4.69, 9.17) is 5.73 Å². The lowest BCUT2D eigenvalue weighted by Crippen LogP contribution is -2.30. The first-order valence-electron chi connectivity index (χ1n) is 6.22. The van der Waals surface area contributed by atoms with Gasteiger partial charge in [-0.25, -0.2) is 13.1 Å². The van der Waals surface area contributed by atoms with E-state index in [1.807, 2.05) is 19.1 Å². The molecule has 3 N–H and O–H groups in total. The topological polar surface area (TPSA) is 72.2 Å². The Morgan fingerprint density at radius 2 is 1.78 bits per heavy atom. The van der Waals surface area contributed by atoms with Crippen LogP contribution in [0.3, 0.4) is 0 Å². The SMILES string of the molecule is CCC(N)Cc1ccc(S(=O)(=O)NC(C)C)cc1. The van der Waals surface area contributed by atoms with Crippen molar-refractivity contribution in [2.75, 3.05) is 0 Å². The molecule has 102 valence electrons. The molecule has 0 aromatic heterocycles. The van der Waals surface area contributed by atoms with Crippen molar-refractivity contribution in [2.45, 2.75) is 50.6 Å². The molecule has 0 spiro atoms. The molecule has 1 atom stereocenters. The van der Waals surface area contributed by atoms with Gasteiger partial charge in [-0.2, -0.15) is 0 Å². The number of nitrogens with two attached hydrogens (primary N) is 1. The largest absolute Gasteiger partial charge is 0.327 e. The lowest BCUT2D eigenvalue weighted by atomic mass is 10.1. The van der Waals surface area contributed by atoms with E-state index in [9.17, 15) is 8.42 Å². The Balaban J connectivity index is 2.83. The molecule has 0 aliphatic rings. The highest BCUT2D eigenvalue weighted by Crippen LogP contribution is 2.12. The van der Waals surface area contributed by atoms with Gasteiger partial charge in [-0.05, 0) is 44.4 Å². The maximum absolute atomic E-state index is 11.9. The van der Waals surface area contributed by atoms with Crippen LogP contribution in [0.2, 0.25) is 0 Å². The number of benzene rings is 1. The first-order valence-corrected chi connectivity index (χ1v) is 7.70. The van der Waals surface area contributed by atoms with Gasteiger partial charge in [0.25, 0.3) is 0 Å². The fraction of sp³-hybridized carbons (Fsp3) is 0.538. The van der Waals surface area contributed by atoms with Crippen molar-refractivity contribution in [3.63, 3.8) is 0 Å². The lowest BCUT2D eigenvalue weighted by Gasteiger charge is -2.11. The molecule has 1 unspecified atom stereocenters. The van der Waals surface area contributed by atoms with E-state index >= 15 is 0 Å². The Labute approximate surface area is 110 Å². The van der Waals surface area contributed by atoms with E-state index in [1.165, 1.54) is 0 Å². The molecule has 18 heavy (non-hydrogen) atoms.